The molecule has 3 atom stereocenters. The second-order valence-corrected chi connectivity index (χ2v) is 19.0. The normalized spacial score (nSPS) is 20.2. The third-order valence-electron chi connectivity index (χ3n) is 13.9. The van der Waals surface area contributed by atoms with Gasteiger partial charge in [-0.25, -0.2) is 23.2 Å². The van der Waals surface area contributed by atoms with Crippen molar-refractivity contribution >= 4 is 34.7 Å². The fourth-order valence-electron chi connectivity index (χ4n) is 10.2. The summed E-state index contributed by atoms with van der Waals surface area (Å²) in [6, 6.07) is 32.1. The van der Waals surface area contributed by atoms with Crippen LogP contribution < -0.4 is 19.4 Å². The molecule has 4 aliphatic rings. The predicted molar refractivity (Wildman–Crippen MR) is 270 cm³/mol. The molecule has 4 heterocycles. The minimum atomic E-state index is -1.24. The van der Waals surface area contributed by atoms with E-state index in [2.05, 4.69) is 38.9 Å². The summed E-state index contributed by atoms with van der Waals surface area (Å²) in [6.45, 7) is 9.86. The molecule has 10 rings (SSSR count). The number of carbonyl (C=O) groups excluding carboxylic acids is 3. The predicted octanol–water partition coefficient (Wildman–Crippen LogP) is 8.35. The van der Waals surface area contributed by atoms with Gasteiger partial charge in [-0.05, 0) is 93.4 Å². The second kappa shape index (κ2) is 21.6. The number of halogens is 2. The van der Waals surface area contributed by atoms with E-state index in [9.17, 15) is 33.5 Å². The number of amides is 2. The molecule has 1 aromatic heterocycles. The monoisotopic (exact) mass is 1000 g/mol. The highest BCUT2D eigenvalue weighted by Gasteiger charge is 2.50. The van der Waals surface area contributed by atoms with E-state index in [1.165, 1.54) is 41.6 Å². The van der Waals surface area contributed by atoms with E-state index in [1.54, 1.807) is 34.1 Å². The smallest absolute Gasteiger partial charge is 0.327 e. The fourth-order valence-corrected chi connectivity index (χ4v) is 10.2. The summed E-state index contributed by atoms with van der Waals surface area (Å²) in [5.41, 5.74) is 1.64. The first-order chi connectivity index (χ1) is 35.8. The van der Waals surface area contributed by atoms with Gasteiger partial charge in [0, 0.05) is 77.6 Å². The summed E-state index contributed by atoms with van der Waals surface area (Å²) in [4.78, 5) is 50.3. The Morgan fingerprint density at radius 1 is 0.824 bits per heavy atom. The van der Waals surface area contributed by atoms with Gasteiger partial charge in [0.15, 0.2) is 23.6 Å². The summed E-state index contributed by atoms with van der Waals surface area (Å²) < 4.78 is 48.4. The SMILES string of the molecule is CCCCCC1(O)CN(c2ccc(N3CCN(c4ccc(OC[C@H]5OC[C@](Cn6cncn6)(c6ccc(F)cc6F)O5)cc4)CC3)cc2)C(=O)N1C(C)C.N#Cc1ccc2c(c1C#N)C(=O)c1ccccc1C2=O. The van der Waals surface area contributed by atoms with E-state index >= 15 is 0 Å². The van der Waals surface area contributed by atoms with Gasteiger partial charge in [-0.3, -0.25) is 19.4 Å². The lowest BCUT2D eigenvalue weighted by Gasteiger charge is -2.37. The molecule has 3 aliphatic heterocycles. The molecule has 380 valence electrons. The quantitative estimate of drug-likeness (QED) is 0.102. The van der Waals surface area contributed by atoms with Crippen molar-refractivity contribution in [3.05, 3.63) is 166 Å². The van der Waals surface area contributed by atoms with Crippen molar-refractivity contribution in [3.8, 4) is 17.9 Å². The number of ketones is 2. The van der Waals surface area contributed by atoms with Crippen LogP contribution in [0.3, 0.4) is 0 Å². The van der Waals surface area contributed by atoms with Crippen LogP contribution in [0.15, 0.2) is 116 Å². The van der Waals surface area contributed by atoms with Crippen LogP contribution in [0.2, 0.25) is 0 Å². The average molecular weight is 1000 g/mol. The van der Waals surface area contributed by atoms with Crippen molar-refractivity contribution in [2.24, 2.45) is 0 Å². The van der Waals surface area contributed by atoms with Gasteiger partial charge < -0.3 is 29.1 Å². The maximum Gasteiger partial charge on any atom is 0.327 e. The molecule has 74 heavy (non-hydrogen) atoms. The molecule has 16 nitrogen and oxygen atoms in total. The number of nitrogens with zero attached hydrogens (tertiary/aromatic N) is 9. The Hall–Kier alpha value is -8.03. The molecule has 0 spiro atoms. The van der Waals surface area contributed by atoms with Crippen LogP contribution >= 0.6 is 0 Å². The minimum Gasteiger partial charge on any atom is -0.488 e. The Labute approximate surface area is 427 Å². The number of piperazine rings is 1. The first kappa shape index (κ1) is 50.9. The number of aliphatic hydroxyl groups is 1. The lowest BCUT2D eigenvalue weighted by Crippen LogP contribution is -2.50. The Morgan fingerprint density at radius 2 is 1.49 bits per heavy atom. The van der Waals surface area contributed by atoms with Gasteiger partial charge in [-0.15, -0.1) is 0 Å². The number of urea groups is 1. The van der Waals surface area contributed by atoms with Crippen molar-refractivity contribution in [2.75, 3.05) is 60.6 Å². The third kappa shape index (κ3) is 10.2. The summed E-state index contributed by atoms with van der Waals surface area (Å²) in [5.74, 6) is -1.44. The van der Waals surface area contributed by atoms with Crippen LogP contribution in [-0.4, -0.2) is 106 Å². The Kier molecular flexibility index (Phi) is 14.8. The molecular weight excluding hydrogens is 949 g/mol. The molecule has 6 aromatic rings. The number of benzene rings is 5. The number of fused-ring (bicyclic) bond motifs is 2. The second-order valence-electron chi connectivity index (χ2n) is 19.0. The summed E-state index contributed by atoms with van der Waals surface area (Å²) in [6.07, 6.45) is 5.63. The van der Waals surface area contributed by atoms with E-state index in [0.29, 0.717) is 17.7 Å². The maximum absolute atomic E-state index is 14.9. The number of unbranched alkanes of at least 4 members (excludes halogenated alkanes) is 2. The fraction of sp³-hybridized carbons (Fsp3) is 0.339. The number of rotatable bonds is 14. The van der Waals surface area contributed by atoms with Gasteiger partial charge in [-0.1, -0.05) is 50.1 Å². The molecule has 2 amide bonds. The molecule has 0 bridgehead atoms. The summed E-state index contributed by atoms with van der Waals surface area (Å²) in [5, 5.41) is 33.9. The number of aromatic nitrogens is 3. The number of anilines is 3. The van der Waals surface area contributed by atoms with Crippen LogP contribution in [0.1, 0.15) is 95.0 Å². The van der Waals surface area contributed by atoms with E-state index in [1.807, 2.05) is 62.4 Å². The van der Waals surface area contributed by atoms with Gasteiger partial charge in [0.05, 0.1) is 36.4 Å². The third-order valence-corrected chi connectivity index (χ3v) is 13.9. The van der Waals surface area contributed by atoms with Crippen molar-refractivity contribution in [3.63, 3.8) is 0 Å². The largest absolute Gasteiger partial charge is 0.488 e. The topological polar surface area (TPSA) is 190 Å². The first-order valence-corrected chi connectivity index (χ1v) is 24.7. The van der Waals surface area contributed by atoms with Crippen LogP contribution in [0.25, 0.3) is 0 Å². The van der Waals surface area contributed by atoms with Gasteiger partial charge in [0.25, 0.3) is 0 Å². The molecule has 5 aromatic carbocycles. The summed E-state index contributed by atoms with van der Waals surface area (Å²) in [7, 11) is 0. The molecule has 0 saturated carbocycles. The highest BCUT2D eigenvalue weighted by atomic mass is 19.1. The summed E-state index contributed by atoms with van der Waals surface area (Å²) >= 11 is 0. The van der Waals surface area contributed by atoms with Crippen LogP contribution in [-0.2, 0) is 21.6 Å². The van der Waals surface area contributed by atoms with Crippen LogP contribution in [0.5, 0.6) is 5.75 Å². The average Bonchev–Trinajstić information content (AvgIpc) is 4.15. The number of carbonyl (C=O) groups is 3. The van der Waals surface area contributed by atoms with E-state index < -0.39 is 29.3 Å². The molecule has 1 aliphatic carbocycles. The minimum absolute atomic E-state index is 0.0250. The van der Waals surface area contributed by atoms with E-state index in [-0.39, 0.29) is 83.3 Å². The number of hydrogen-bond donors (Lipinski definition) is 1. The maximum atomic E-state index is 14.9. The van der Waals surface area contributed by atoms with Crippen LogP contribution in [0, 0.1) is 34.3 Å². The molecule has 1 N–H and O–H groups in total. The zero-order chi connectivity index (χ0) is 52.1. The Morgan fingerprint density at radius 3 is 2.09 bits per heavy atom. The molecule has 0 radical (unpaired) electrons. The molecular formula is C56H55F2N9O7. The highest BCUT2D eigenvalue weighted by molar-refractivity contribution is 6.29. The molecule has 3 saturated heterocycles. The number of nitriles is 2. The lowest BCUT2D eigenvalue weighted by molar-refractivity contribution is -0.117. The lowest BCUT2D eigenvalue weighted by atomic mass is 9.81. The first-order valence-electron chi connectivity index (χ1n) is 24.7. The zero-order valence-corrected chi connectivity index (χ0v) is 41.3. The number of ether oxygens (including phenoxy) is 3. The van der Waals surface area contributed by atoms with Crippen molar-refractivity contribution in [2.45, 2.75) is 76.7 Å². The van der Waals surface area contributed by atoms with Gasteiger partial charge in [0.2, 0.25) is 0 Å². The molecule has 1 unspecified atom stereocenters. The molecule has 3 fully saturated rings. The van der Waals surface area contributed by atoms with Crippen molar-refractivity contribution in [1.82, 2.24) is 19.7 Å². The number of hydrogen-bond acceptors (Lipinski definition) is 13. The van der Waals surface area contributed by atoms with Gasteiger partial charge >= 0.3 is 6.03 Å². The van der Waals surface area contributed by atoms with Gasteiger partial charge in [-0.2, -0.15) is 15.6 Å². The van der Waals surface area contributed by atoms with Crippen LogP contribution in [0.4, 0.5) is 30.6 Å². The van der Waals surface area contributed by atoms with Gasteiger partial charge in [0.1, 0.15) is 54.4 Å². The number of β-amino-alcohol motifs (C(OH)–C–C–N with tert-alkyl or cyclic N) is 1. The van der Waals surface area contributed by atoms with Crippen molar-refractivity contribution < 1.29 is 42.5 Å². The van der Waals surface area contributed by atoms with E-state index in [4.69, 9.17) is 19.5 Å². The Bertz CT molecular complexity index is 3120. The standard InChI is InChI=1S/C40H49F2N7O5.C16H6N2O2/c1-4-5-6-17-40(51)25-48(38(50)49(40)29(2)3)33-10-8-31(9-11-33)45-18-20-46(21-19-45)32-12-14-34(15-13-32)52-23-37-53-26-39(54-37,24-47-28-43-27-44-47)35-16-7-30(41)22-36(35)42;17-7-9-5-6-12-14(13(9)8-18)16(20)11-4-2-1-3-10(11)15(12)19/h7-16,22,27-29,37,51H,4-6,17-21,23-26H2,1-3H3;1-6H/t37-,39+,40?;/m0./s1. The zero-order valence-electron chi connectivity index (χ0n) is 41.3. The van der Waals surface area contributed by atoms with Crippen molar-refractivity contribution in [1.29, 1.82) is 10.5 Å². The molecule has 18 heteroatoms. The Balaban J connectivity index is 0.000000279. The highest BCUT2D eigenvalue weighted by Crippen LogP contribution is 2.39. The van der Waals surface area contributed by atoms with E-state index in [0.717, 1.165) is 68.6 Å².